The molecule has 0 amide bonds. The monoisotopic (exact) mass is 544 g/mol. The molecule has 39 heavy (non-hydrogen) atoms. The van der Waals surface area contributed by atoms with Crippen molar-refractivity contribution in [1.29, 1.82) is 0 Å². The van der Waals surface area contributed by atoms with Gasteiger partial charge in [-0.1, -0.05) is 13.8 Å². The maximum atomic E-state index is 13.4. The van der Waals surface area contributed by atoms with Crippen LogP contribution < -0.4 is 10.3 Å². The smallest absolute Gasteiger partial charge is 0.410 e. The standard InChI is InChI=1S/C27H23F3N2O7/c1-3-15-16-7-14(38-11-13(24(34)35)9-27(28,29)30)5-6-20(16)31-22-17(15)10-32-21(22)8-19-18(23(32)33)12-39-25(36)26(19,37)4-2/h5-9,37H,3-4,10-12H2,1-2H3,(H,34,35)/b13-9+/t26-/m0/s1. The summed E-state index contributed by atoms with van der Waals surface area (Å²) in [6.45, 7) is 2.66. The fraction of sp³-hybridized carbons (Fsp3) is 0.333. The normalized spacial score (nSPS) is 18.4. The number of alkyl halides is 3. The van der Waals surface area contributed by atoms with Gasteiger partial charge in [0.15, 0.2) is 5.60 Å². The van der Waals surface area contributed by atoms with E-state index in [1.807, 2.05) is 6.92 Å². The molecule has 0 aliphatic carbocycles. The van der Waals surface area contributed by atoms with Crippen molar-refractivity contribution in [3.63, 3.8) is 0 Å². The highest BCUT2D eigenvalue weighted by atomic mass is 19.4. The van der Waals surface area contributed by atoms with Gasteiger partial charge in [-0.2, -0.15) is 13.2 Å². The second kappa shape index (κ2) is 9.23. The lowest BCUT2D eigenvalue weighted by molar-refractivity contribution is -0.172. The number of carbonyl (C=O) groups is 2. The maximum absolute atomic E-state index is 13.4. The molecule has 2 aromatic heterocycles. The molecule has 4 heterocycles. The van der Waals surface area contributed by atoms with E-state index in [4.69, 9.17) is 19.6 Å². The molecule has 1 atom stereocenters. The van der Waals surface area contributed by atoms with Crippen LogP contribution in [0.25, 0.3) is 22.3 Å². The van der Waals surface area contributed by atoms with Crippen LogP contribution in [0.5, 0.6) is 5.75 Å². The third-order valence-electron chi connectivity index (χ3n) is 7.14. The Bertz CT molecular complexity index is 1640. The van der Waals surface area contributed by atoms with Crippen molar-refractivity contribution in [1.82, 2.24) is 9.55 Å². The fourth-order valence-corrected chi connectivity index (χ4v) is 5.16. The summed E-state index contributed by atoms with van der Waals surface area (Å²) in [6.07, 6.45) is -4.58. The van der Waals surface area contributed by atoms with Crippen LogP contribution in [0, 0.1) is 0 Å². The number of carboxylic acid groups (broad SMARTS) is 1. The molecule has 0 saturated carbocycles. The van der Waals surface area contributed by atoms with E-state index in [-0.39, 0.29) is 42.5 Å². The molecule has 9 nitrogen and oxygen atoms in total. The molecule has 0 saturated heterocycles. The molecular formula is C27H23F3N2O7. The van der Waals surface area contributed by atoms with E-state index in [0.717, 1.165) is 11.1 Å². The van der Waals surface area contributed by atoms with Crippen LogP contribution in [-0.2, 0) is 39.5 Å². The molecule has 12 heteroatoms. The minimum absolute atomic E-state index is 0.0183. The number of halogens is 3. The number of fused-ring (bicyclic) bond motifs is 5. The summed E-state index contributed by atoms with van der Waals surface area (Å²) >= 11 is 0. The molecule has 0 radical (unpaired) electrons. The highest BCUT2D eigenvalue weighted by molar-refractivity contribution is 5.90. The summed E-state index contributed by atoms with van der Waals surface area (Å²) in [7, 11) is 0. The van der Waals surface area contributed by atoms with Gasteiger partial charge < -0.3 is 24.3 Å². The first-order valence-corrected chi connectivity index (χ1v) is 12.1. The molecule has 2 N–H and O–H groups in total. The van der Waals surface area contributed by atoms with Gasteiger partial charge in [0.1, 0.15) is 19.0 Å². The van der Waals surface area contributed by atoms with Crippen LogP contribution in [0.2, 0.25) is 0 Å². The summed E-state index contributed by atoms with van der Waals surface area (Å²) in [4.78, 5) is 41.7. The predicted molar refractivity (Wildman–Crippen MR) is 131 cm³/mol. The Morgan fingerprint density at radius 3 is 2.62 bits per heavy atom. The molecule has 1 aromatic carbocycles. The van der Waals surface area contributed by atoms with Crippen LogP contribution in [0.4, 0.5) is 13.2 Å². The number of benzene rings is 1. The van der Waals surface area contributed by atoms with Crippen molar-refractivity contribution in [2.45, 2.75) is 51.6 Å². The number of carbonyl (C=O) groups excluding carboxylic acids is 1. The predicted octanol–water partition coefficient (Wildman–Crippen LogP) is 3.59. The van der Waals surface area contributed by atoms with Gasteiger partial charge in [0.05, 0.1) is 34.6 Å². The summed E-state index contributed by atoms with van der Waals surface area (Å²) in [5.74, 6) is -2.40. The van der Waals surface area contributed by atoms with E-state index in [1.165, 1.54) is 10.6 Å². The number of rotatable bonds is 6. The van der Waals surface area contributed by atoms with E-state index in [2.05, 4.69) is 0 Å². The number of ether oxygens (including phenoxy) is 2. The van der Waals surface area contributed by atoms with Gasteiger partial charge in [-0.3, -0.25) is 4.79 Å². The molecule has 5 rings (SSSR count). The average Bonchev–Trinajstić information content (AvgIpc) is 3.25. The number of hydrogen-bond donors (Lipinski definition) is 2. The van der Waals surface area contributed by atoms with Crippen molar-refractivity contribution in [3.05, 3.63) is 68.5 Å². The molecule has 0 unspecified atom stereocenters. The van der Waals surface area contributed by atoms with E-state index < -0.39 is 41.5 Å². The lowest BCUT2D eigenvalue weighted by Crippen LogP contribution is -2.44. The SMILES string of the molecule is CCc1c2c(nc3ccc(OC/C(=C\C(F)(F)F)C(=O)O)cc13)-c1cc3c(c(=O)n1C2)COC(=O)[C@]3(O)CC. The maximum Gasteiger partial charge on any atom is 0.410 e. The zero-order valence-corrected chi connectivity index (χ0v) is 20.9. The number of aryl methyl sites for hydroxylation is 1. The quantitative estimate of drug-likeness (QED) is 0.279. The largest absolute Gasteiger partial charge is 0.489 e. The van der Waals surface area contributed by atoms with Crippen molar-refractivity contribution >= 4 is 22.8 Å². The van der Waals surface area contributed by atoms with Crippen LogP contribution >= 0.6 is 0 Å². The van der Waals surface area contributed by atoms with Crippen molar-refractivity contribution < 1.29 is 42.4 Å². The van der Waals surface area contributed by atoms with Gasteiger partial charge in [0, 0.05) is 22.6 Å². The zero-order chi connectivity index (χ0) is 28.3. The number of cyclic esters (lactones) is 1. The molecule has 0 bridgehead atoms. The Labute approximate surface area is 219 Å². The Kier molecular flexibility index (Phi) is 6.25. The number of aliphatic hydroxyl groups is 1. The summed E-state index contributed by atoms with van der Waals surface area (Å²) in [5.41, 5.74) is 0.183. The lowest BCUT2D eigenvalue weighted by atomic mass is 9.86. The number of carboxylic acids is 1. The minimum atomic E-state index is -4.81. The summed E-state index contributed by atoms with van der Waals surface area (Å²) in [5, 5.41) is 20.8. The second-order valence-corrected chi connectivity index (χ2v) is 9.36. The summed E-state index contributed by atoms with van der Waals surface area (Å²) in [6, 6.07) is 6.25. The van der Waals surface area contributed by atoms with E-state index in [9.17, 15) is 32.7 Å². The van der Waals surface area contributed by atoms with Crippen LogP contribution in [0.1, 0.15) is 42.5 Å². The number of allylic oxidation sites excluding steroid dienone is 1. The molecule has 0 fully saturated rings. The van der Waals surface area contributed by atoms with Gasteiger partial charge in [0.2, 0.25) is 0 Å². The van der Waals surface area contributed by atoms with E-state index >= 15 is 0 Å². The number of hydrogen-bond acceptors (Lipinski definition) is 7. The van der Waals surface area contributed by atoms with Crippen molar-refractivity contribution in [2.75, 3.05) is 6.61 Å². The Morgan fingerprint density at radius 2 is 1.97 bits per heavy atom. The number of aliphatic carboxylic acids is 1. The molecular weight excluding hydrogens is 521 g/mol. The van der Waals surface area contributed by atoms with E-state index in [0.29, 0.717) is 28.7 Å². The second-order valence-electron chi connectivity index (χ2n) is 9.36. The van der Waals surface area contributed by atoms with E-state index in [1.54, 1.807) is 25.1 Å². The zero-order valence-electron chi connectivity index (χ0n) is 20.9. The van der Waals surface area contributed by atoms with Gasteiger partial charge in [-0.15, -0.1) is 0 Å². The molecule has 0 spiro atoms. The third-order valence-corrected chi connectivity index (χ3v) is 7.14. The Balaban J connectivity index is 1.59. The topological polar surface area (TPSA) is 128 Å². The highest BCUT2D eigenvalue weighted by Crippen LogP contribution is 2.40. The minimum Gasteiger partial charge on any atom is -0.489 e. The average molecular weight is 544 g/mol. The van der Waals surface area contributed by atoms with Crippen molar-refractivity contribution in [3.8, 4) is 17.1 Å². The van der Waals surface area contributed by atoms with Gasteiger partial charge in [0.25, 0.3) is 5.56 Å². The molecule has 2 aliphatic rings. The number of aromatic nitrogens is 2. The van der Waals surface area contributed by atoms with Gasteiger partial charge in [-0.05, 0) is 42.7 Å². The number of pyridine rings is 2. The first-order valence-electron chi connectivity index (χ1n) is 12.1. The molecule has 2 aliphatic heterocycles. The fourth-order valence-electron chi connectivity index (χ4n) is 5.16. The lowest BCUT2D eigenvalue weighted by Gasteiger charge is -2.31. The van der Waals surface area contributed by atoms with Crippen LogP contribution in [0.15, 0.2) is 40.7 Å². The molecule has 204 valence electrons. The first-order chi connectivity index (χ1) is 18.4. The first kappa shape index (κ1) is 26.4. The van der Waals surface area contributed by atoms with Crippen LogP contribution in [-0.4, -0.2) is 44.5 Å². The van der Waals surface area contributed by atoms with Crippen LogP contribution in [0.3, 0.4) is 0 Å². The number of nitrogens with zero attached hydrogens (tertiary/aromatic N) is 2. The van der Waals surface area contributed by atoms with Crippen molar-refractivity contribution in [2.24, 2.45) is 0 Å². The van der Waals surface area contributed by atoms with Gasteiger partial charge in [-0.25, -0.2) is 14.6 Å². The summed E-state index contributed by atoms with van der Waals surface area (Å²) < 4.78 is 50.0. The highest BCUT2D eigenvalue weighted by Gasteiger charge is 2.45. The Morgan fingerprint density at radius 1 is 1.23 bits per heavy atom. The van der Waals surface area contributed by atoms with Gasteiger partial charge >= 0.3 is 18.1 Å². The molecule has 3 aromatic rings. The number of esters is 1. The third kappa shape index (κ3) is 4.34. The Hall–Kier alpha value is -4.19.